The Bertz CT molecular complexity index is 421. The molecule has 5 nitrogen and oxygen atoms in total. The zero-order valence-electron chi connectivity index (χ0n) is 7.71. The Morgan fingerprint density at radius 2 is 2.21 bits per heavy atom. The third-order valence-corrected chi connectivity index (χ3v) is 1.80. The van der Waals surface area contributed by atoms with Crippen LogP contribution in [0.5, 0.6) is 5.75 Å². The van der Waals surface area contributed by atoms with Crippen molar-refractivity contribution in [1.29, 1.82) is 0 Å². The summed E-state index contributed by atoms with van der Waals surface area (Å²) in [6.07, 6.45) is 4.96. The molecule has 0 atom stereocenters. The van der Waals surface area contributed by atoms with E-state index in [4.69, 9.17) is 10.5 Å². The number of methoxy groups -OCH3 is 1. The van der Waals surface area contributed by atoms with Crippen LogP contribution in [-0.2, 0) is 0 Å². The minimum atomic E-state index is 0.632. The van der Waals surface area contributed by atoms with Gasteiger partial charge in [0.05, 0.1) is 31.4 Å². The highest BCUT2D eigenvalue weighted by Gasteiger charge is 2.00. The third-order valence-electron chi connectivity index (χ3n) is 1.80. The van der Waals surface area contributed by atoms with Crippen molar-refractivity contribution in [3.63, 3.8) is 0 Å². The maximum Gasteiger partial charge on any atom is 0.157 e. The molecule has 14 heavy (non-hydrogen) atoms. The molecule has 0 saturated heterocycles. The maximum absolute atomic E-state index is 5.52. The minimum absolute atomic E-state index is 0.632. The number of nitrogens with zero attached hydrogens (tertiary/aromatic N) is 3. The van der Waals surface area contributed by atoms with Crippen LogP contribution in [0, 0.1) is 0 Å². The fourth-order valence-electron chi connectivity index (χ4n) is 1.07. The van der Waals surface area contributed by atoms with Gasteiger partial charge in [-0.3, -0.25) is 0 Å². The van der Waals surface area contributed by atoms with E-state index in [0.29, 0.717) is 17.3 Å². The SMILES string of the molecule is COc1cnn(-c2ccc(N)cn2)c1. The first-order valence-electron chi connectivity index (χ1n) is 4.10. The first-order chi connectivity index (χ1) is 6.79. The molecular formula is C9H10N4O. The van der Waals surface area contributed by atoms with Crippen LogP contribution in [0.2, 0.25) is 0 Å². The van der Waals surface area contributed by atoms with Crippen molar-refractivity contribution < 1.29 is 4.74 Å². The van der Waals surface area contributed by atoms with Gasteiger partial charge in [-0.05, 0) is 12.1 Å². The van der Waals surface area contributed by atoms with Gasteiger partial charge in [-0.2, -0.15) is 5.10 Å². The zero-order valence-corrected chi connectivity index (χ0v) is 7.71. The molecule has 2 rings (SSSR count). The van der Waals surface area contributed by atoms with Gasteiger partial charge in [0.15, 0.2) is 11.6 Å². The van der Waals surface area contributed by atoms with E-state index in [1.54, 1.807) is 42.5 Å². The van der Waals surface area contributed by atoms with Gasteiger partial charge in [-0.1, -0.05) is 0 Å². The first-order valence-corrected chi connectivity index (χ1v) is 4.10. The molecule has 0 saturated carbocycles. The molecule has 0 aromatic carbocycles. The lowest BCUT2D eigenvalue weighted by atomic mass is 10.4. The Morgan fingerprint density at radius 3 is 2.79 bits per heavy atom. The van der Waals surface area contributed by atoms with Gasteiger partial charge in [-0.25, -0.2) is 9.67 Å². The number of hydrogen-bond acceptors (Lipinski definition) is 4. The average molecular weight is 190 g/mol. The fraction of sp³-hybridized carbons (Fsp3) is 0.111. The lowest BCUT2D eigenvalue weighted by Gasteiger charge is -1.99. The second-order valence-corrected chi connectivity index (χ2v) is 2.77. The van der Waals surface area contributed by atoms with Crippen LogP contribution in [0.4, 0.5) is 5.69 Å². The Kier molecular flexibility index (Phi) is 2.06. The number of rotatable bonds is 2. The molecule has 0 fully saturated rings. The first kappa shape index (κ1) is 8.55. The predicted octanol–water partition coefficient (Wildman–Crippen LogP) is 0.858. The summed E-state index contributed by atoms with van der Waals surface area (Å²) >= 11 is 0. The summed E-state index contributed by atoms with van der Waals surface area (Å²) in [5, 5.41) is 4.08. The van der Waals surface area contributed by atoms with Crippen LogP contribution in [-0.4, -0.2) is 21.9 Å². The zero-order chi connectivity index (χ0) is 9.97. The molecule has 0 bridgehead atoms. The van der Waals surface area contributed by atoms with Gasteiger partial charge in [0.1, 0.15) is 0 Å². The predicted molar refractivity (Wildman–Crippen MR) is 52.3 cm³/mol. The molecule has 0 radical (unpaired) electrons. The maximum atomic E-state index is 5.52. The molecule has 5 heteroatoms. The van der Waals surface area contributed by atoms with Gasteiger partial charge in [0, 0.05) is 0 Å². The van der Waals surface area contributed by atoms with Gasteiger partial charge >= 0.3 is 0 Å². The fourth-order valence-corrected chi connectivity index (χ4v) is 1.07. The van der Waals surface area contributed by atoms with E-state index in [1.807, 2.05) is 0 Å². The van der Waals surface area contributed by atoms with Gasteiger partial charge in [0.2, 0.25) is 0 Å². The molecule has 72 valence electrons. The molecule has 0 amide bonds. The number of nitrogens with two attached hydrogens (primary N) is 1. The van der Waals surface area contributed by atoms with Crippen molar-refractivity contribution in [3.8, 4) is 11.6 Å². The Hall–Kier alpha value is -2.04. The number of anilines is 1. The van der Waals surface area contributed by atoms with E-state index >= 15 is 0 Å². The average Bonchev–Trinajstić information content (AvgIpc) is 2.67. The molecule has 2 N–H and O–H groups in total. The second kappa shape index (κ2) is 3.37. The van der Waals surface area contributed by atoms with E-state index in [9.17, 15) is 0 Å². The molecule has 0 aliphatic heterocycles. The summed E-state index contributed by atoms with van der Waals surface area (Å²) in [7, 11) is 1.60. The van der Waals surface area contributed by atoms with E-state index in [-0.39, 0.29) is 0 Å². The molecular weight excluding hydrogens is 180 g/mol. The third kappa shape index (κ3) is 1.52. The van der Waals surface area contributed by atoms with Gasteiger partial charge in [0.25, 0.3) is 0 Å². The van der Waals surface area contributed by atoms with Gasteiger partial charge < -0.3 is 10.5 Å². The van der Waals surface area contributed by atoms with Crippen molar-refractivity contribution in [1.82, 2.24) is 14.8 Å². The Labute approximate surface area is 81.1 Å². The number of nitrogen functional groups attached to an aromatic ring is 1. The highest BCUT2D eigenvalue weighted by Crippen LogP contribution is 2.11. The van der Waals surface area contributed by atoms with Crippen molar-refractivity contribution >= 4 is 5.69 Å². The summed E-state index contributed by atoms with van der Waals surface area (Å²) in [4.78, 5) is 4.12. The number of hydrogen-bond donors (Lipinski definition) is 1. The largest absolute Gasteiger partial charge is 0.493 e. The normalized spacial score (nSPS) is 10.1. The number of aromatic nitrogens is 3. The molecule has 0 aliphatic carbocycles. The van der Waals surface area contributed by atoms with Crippen molar-refractivity contribution in [2.45, 2.75) is 0 Å². The monoisotopic (exact) mass is 190 g/mol. The molecule has 2 aromatic heterocycles. The van der Waals surface area contributed by atoms with Crippen molar-refractivity contribution in [3.05, 3.63) is 30.7 Å². The summed E-state index contributed by atoms with van der Waals surface area (Å²) in [5.41, 5.74) is 6.15. The summed E-state index contributed by atoms with van der Waals surface area (Å²) in [5.74, 6) is 1.41. The Morgan fingerprint density at radius 1 is 1.36 bits per heavy atom. The molecule has 2 aromatic rings. The Balaban J connectivity index is 2.34. The summed E-state index contributed by atoms with van der Waals surface area (Å²) < 4.78 is 6.63. The van der Waals surface area contributed by atoms with E-state index in [2.05, 4.69) is 10.1 Å². The summed E-state index contributed by atoms with van der Waals surface area (Å²) in [6, 6.07) is 3.57. The van der Waals surface area contributed by atoms with Gasteiger partial charge in [-0.15, -0.1) is 0 Å². The molecule has 0 aliphatic rings. The lowest BCUT2D eigenvalue weighted by molar-refractivity contribution is 0.414. The van der Waals surface area contributed by atoms with Crippen LogP contribution < -0.4 is 10.5 Å². The van der Waals surface area contributed by atoms with Crippen LogP contribution in [0.3, 0.4) is 0 Å². The second-order valence-electron chi connectivity index (χ2n) is 2.77. The van der Waals surface area contributed by atoms with Crippen LogP contribution in [0.1, 0.15) is 0 Å². The molecule has 0 unspecified atom stereocenters. The minimum Gasteiger partial charge on any atom is -0.493 e. The van der Waals surface area contributed by atoms with E-state index in [0.717, 1.165) is 0 Å². The highest BCUT2D eigenvalue weighted by atomic mass is 16.5. The topological polar surface area (TPSA) is 66.0 Å². The highest BCUT2D eigenvalue weighted by molar-refractivity contribution is 5.38. The standard InChI is InChI=1S/C9H10N4O/c1-14-8-5-12-13(6-8)9-3-2-7(10)4-11-9/h2-6H,10H2,1H3. The summed E-state index contributed by atoms with van der Waals surface area (Å²) in [6.45, 7) is 0. The van der Waals surface area contributed by atoms with E-state index < -0.39 is 0 Å². The van der Waals surface area contributed by atoms with Crippen LogP contribution in [0.15, 0.2) is 30.7 Å². The van der Waals surface area contributed by atoms with Crippen LogP contribution in [0.25, 0.3) is 5.82 Å². The smallest absolute Gasteiger partial charge is 0.157 e. The van der Waals surface area contributed by atoms with Crippen molar-refractivity contribution in [2.75, 3.05) is 12.8 Å². The lowest BCUT2D eigenvalue weighted by Crippen LogP contribution is -1.98. The molecule has 0 spiro atoms. The van der Waals surface area contributed by atoms with Crippen LogP contribution >= 0.6 is 0 Å². The van der Waals surface area contributed by atoms with E-state index in [1.165, 1.54) is 0 Å². The quantitative estimate of drug-likeness (QED) is 0.762. The van der Waals surface area contributed by atoms with Crippen molar-refractivity contribution in [2.24, 2.45) is 0 Å². The number of ether oxygens (including phenoxy) is 1. The number of pyridine rings is 1. The molecule has 2 heterocycles.